The van der Waals surface area contributed by atoms with E-state index in [-0.39, 0.29) is 60.1 Å². The molecule has 22 heteroatoms. The highest BCUT2D eigenvalue weighted by molar-refractivity contribution is 7.87. The lowest BCUT2D eigenvalue weighted by Crippen LogP contribution is -2.31. The summed E-state index contributed by atoms with van der Waals surface area (Å²) in [4.78, 5) is 11.5. The molecular formula is C45H55N2O16S4+. The summed E-state index contributed by atoms with van der Waals surface area (Å²) in [6.45, 7) is 6.65. The number of nitrogens with zero attached hydrogens (tertiary/aromatic N) is 2. The van der Waals surface area contributed by atoms with Crippen molar-refractivity contribution in [2.24, 2.45) is 0 Å². The maximum Gasteiger partial charge on any atom is 0.303 e. The molecule has 2 aliphatic rings. The second-order valence-corrected chi connectivity index (χ2v) is 23.2. The summed E-state index contributed by atoms with van der Waals surface area (Å²) in [7, 11) is -16.1. The van der Waals surface area contributed by atoms with Crippen molar-refractivity contribution in [2.75, 3.05) is 51.2 Å². The molecule has 0 aromatic heterocycles. The molecular weight excluding hydrogens is 953 g/mol. The topological polar surface area (TPSA) is 279 Å². The highest BCUT2D eigenvalue weighted by atomic mass is 32.2. The number of anilines is 1. The Hall–Kier alpha value is -4.62. The van der Waals surface area contributed by atoms with Gasteiger partial charge >= 0.3 is 5.97 Å². The average molecular weight is 1010 g/mol. The summed E-state index contributed by atoms with van der Waals surface area (Å²) in [5.41, 5.74) is 2.07. The van der Waals surface area contributed by atoms with E-state index in [0.717, 1.165) is 6.07 Å². The van der Waals surface area contributed by atoms with Crippen LogP contribution in [0.25, 0.3) is 21.5 Å². The molecule has 0 amide bonds. The number of fused-ring (bicyclic) bond motifs is 6. The molecule has 364 valence electrons. The number of rotatable bonds is 21. The van der Waals surface area contributed by atoms with Gasteiger partial charge in [-0.15, -0.1) is 0 Å². The van der Waals surface area contributed by atoms with Crippen LogP contribution in [-0.2, 0) is 72.0 Å². The first-order chi connectivity index (χ1) is 31.1. The van der Waals surface area contributed by atoms with Crippen molar-refractivity contribution < 1.29 is 75.8 Å². The van der Waals surface area contributed by atoms with Crippen molar-refractivity contribution in [1.82, 2.24) is 0 Å². The fourth-order valence-corrected chi connectivity index (χ4v) is 12.2. The van der Waals surface area contributed by atoms with Gasteiger partial charge in [-0.05, 0) is 111 Å². The Kier molecular flexibility index (Phi) is 15.0. The van der Waals surface area contributed by atoms with Crippen LogP contribution in [0.4, 0.5) is 11.4 Å². The fraction of sp³-hybridized carbons (Fsp3) is 0.422. The zero-order valence-electron chi connectivity index (χ0n) is 37.6. The Morgan fingerprint density at radius 2 is 1.36 bits per heavy atom. The molecule has 18 nitrogen and oxygen atoms in total. The molecule has 0 aliphatic carbocycles. The van der Waals surface area contributed by atoms with Crippen molar-refractivity contribution in [3.63, 3.8) is 0 Å². The van der Waals surface area contributed by atoms with Gasteiger partial charge in [0.25, 0.3) is 40.5 Å². The van der Waals surface area contributed by atoms with Crippen LogP contribution in [0.5, 0.6) is 0 Å². The minimum Gasteiger partial charge on any atom is -0.481 e. The molecule has 0 radical (unpaired) electrons. The highest BCUT2D eigenvalue weighted by Crippen LogP contribution is 2.54. The largest absolute Gasteiger partial charge is 0.481 e. The van der Waals surface area contributed by atoms with Gasteiger partial charge in [0.05, 0.1) is 29.3 Å². The molecule has 0 fully saturated rings. The van der Waals surface area contributed by atoms with E-state index in [1.54, 1.807) is 24.3 Å². The molecule has 2 heterocycles. The van der Waals surface area contributed by atoms with Crippen LogP contribution in [0, 0.1) is 0 Å². The SMILES string of the molecule is COCCc1cc(S(=O)(=O)O)c2ccc3c(c2c1)C(C)(CCCS(=O)(=O)O)C(=CC=CC1=[N+](CCCCCC(=O)O)c2ccc4c(S(=O)(=O)O)cc(S(=O)(=O)O)cc4c2C1(C)C)N3CCOC. The first-order valence-corrected chi connectivity index (χ1v) is 27.2. The smallest absolute Gasteiger partial charge is 0.303 e. The van der Waals surface area contributed by atoms with E-state index in [1.165, 1.54) is 26.4 Å². The van der Waals surface area contributed by atoms with E-state index in [0.29, 0.717) is 83.2 Å². The van der Waals surface area contributed by atoms with Crippen LogP contribution in [-0.4, -0.2) is 120 Å². The standard InChI is InChI=1S/C45H54N2O16S4/c1-44(2)39(46(20-8-6-7-13-41(48)49)35-16-14-32-34(42(35)44)27-30(65(53,54)55)28-38(32)67(59,60)61)11-9-12-40-45(3,19-10-24-64(50,51)52)43-33-25-29(18-22-62-4)26-37(66(56,57)58)31(33)15-17-36(43)47(40)21-23-63-5/h9,11-12,14-17,25-28H,6-8,10,13,18-24H2,1-5H3,(H4-,48,49,50,51,52,53,54,55,56,57,58,59,60,61)/p+1. The molecule has 2 aliphatic heterocycles. The zero-order chi connectivity index (χ0) is 49.5. The van der Waals surface area contributed by atoms with Gasteiger partial charge in [-0.3, -0.25) is 23.0 Å². The number of hydrogen-bond acceptors (Lipinski definition) is 12. The molecule has 4 aromatic carbocycles. The molecule has 0 spiro atoms. The van der Waals surface area contributed by atoms with Gasteiger partial charge in [0.1, 0.15) is 16.3 Å². The monoisotopic (exact) mass is 1010 g/mol. The van der Waals surface area contributed by atoms with Gasteiger partial charge in [-0.2, -0.15) is 38.2 Å². The van der Waals surface area contributed by atoms with Gasteiger partial charge < -0.3 is 19.5 Å². The summed E-state index contributed by atoms with van der Waals surface area (Å²) in [5.74, 6) is -1.51. The Bertz CT molecular complexity index is 3200. The van der Waals surface area contributed by atoms with Crippen LogP contribution < -0.4 is 4.90 Å². The number of allylic oxidation sites excluding steroid dienone is 4. The number of aliphatic carboxylic acids is 1. The van der Waals surface area contributed by atoms with Gasteiger partial charge in [0.2, 0.25) is 5.69 Å². The molecule has 0 saturated heterocycles. The number of hydrogen-bond donors (Lipinski definition) is 5. The molecule has 4 aromatic rings. The predicted molar refractivity (Wildman–Crippen MR) is 251 cm³/mol. The predicted octanol–water partition coefficient (Wildman–Crippen LogP) is 6.48. The lowest BCUT2D eigenvalue weighted by molar-refractivity contribution is -0.438. The Morgan fingerprint density at radius 3 is 1.96 bits per heavy atom. The van der Waals surface area contributed by atoms with Crippen LogP contribution in [0.2, 0.25) is 0 Å². The highest BCUT2D eigenvalue weighted by Gasteiger charge is 2.47. The third kappa shape index (κ3) is 10.8. The van der Waals surface area contributed by atoms with E-state index in [2.05, 4.69) is 0 Å². The third-order valence-corrected chi connectivity index (χ3v) is 16.0. The van der Waals surface area contributed by atoms with Crippen molar-refractivity contribution in [3.05, 3.63) is 89.1 Å². The second-order valence-electron chi connectivity index (χ2n) is 17.4. The van der Waals surface area contributed by atoms with Gasteiger partial charge in [-0.25, -0.2) is 0 Å². The van der Waals surface area contributed by atoms with Gasteiger partial charge in [-0.1, -0.05) is 18.2 Å². The molecule has 0 bridgehead atoms. The lowest BCUT2D eigenvalue weighted by Gasteiger charge is -2.31. The van der Waals surface area contributed by atoms with Crippen LogP contribution in [0.15, 0.2) is 87.1 Å². The normalized spacial score (nSPS) is 18.2. The van der Waals surface area contributed by atoms with Crippen molar-refractivity contribution in [2.45, 2.75) is 91.2 Å². The molecule has 5 N–H and O–H groups in total. The first kappa shape index (κ1) is 51.8. The molecule has 1 atom stereocenters. The number of ether oxygens (including phenoxy) is 2. The van der Waals surface area contributed by atoms with E-state index in [1.807, 2.05) is 48.5 Å². The zero-order valence-corrected chi connectivity index (χ0v) is 40.9. The minimum atomic E-state index is -5.01. The third-order valence-electron chi connectivity index (χ3n) is 12.6. The maximum atomic E-state index is 12.9. The van der Waals surface area contributed by atoms with E-state index >= 15 is 0 Å². The molecule has 0 saturated carbocycles. The first-order valence-electron chi connectivity index (χ1n) is 21.2. The van der Waals surface area contributed by atoms with Gasteiger partial charge in [0, 0.05) is 78.9 Å². The van der Waals surface area contributed by atoms with Crippen molar-refractivity contribution >= 4 is 85.1 Å². The Balaban J connectivity index is 1.60. The fourth-order valence-electron chi connectivity index (χ4n) is 9.64. The summed E-state index contributed by atoms with van der Waals surface area (Å²) in [6, 6.07) is 11.5. The van der Waals surface area contributed by atoms with E-state index < -0.39 is 72.8 Å². The Labute approximate surface area is 390 Å². The van der Waals surface area contributed by atoms with E-state index in [9.17, 15) is 61.8 Å². The van der Waals surface area contributed by atoms with Crippen LogP contribution in [0.3, 0.4) is 0 Å². The second kappa shape index (κ2) is 19.4. The van der Waals surface area contributed by atoms with Crippen molar-refractivity contribution in [1.29, 1.82) is 0 Å². The number of carboxylic acid groups (broad SMARTS) is 1. The molecule has 6 rings (SSSR count). The minimum absolute atomic E-state index is 0.00315. The van der Waals surface area contributed by atoms with Crippen LogP contribution in [0.1, 0.15) is 76.0 Å². The Morgan fingerprint density at radius 1 is 0.731 bits per heavy atom. The average Bonchev–Trinajstić information content (AvgIpc) is 3.58. The lowest BCUT2D eigenvalue weighted by atomic mass is 9.75. The number of carboxylic acids is 1. The number of methoxy groups -OCH3 is 2. The van der Waals surface area contributed by atoms with Crippen molar-refractivity contribution in [3.8, 4) is 0 Å². The molecule has 67 heavy (non-hydrogen) atoms. The summed E-state index contributed by atoms with van der Waals surface area (Å²) in [6.07, 6.45) is 7.24. The summed E-state index contributed by atoms with van der Waals surface area (Å²) < 4.78 is 154. The number of carbonyl (C=O) groups is 1. The summed E-state index contributed by atoms with van der Waals surface area (Å²) in [5, 5.41) is 10.1. The van der Waals surface area contributed by atoms with E-state index in [4.69, 9.17) is 9.47 Å². The van der Waals surface area contributed by atoms with Gasteiger partial charge in [0.15, 0.2) is 5.71 Å². The molecule has 1 unspecified atom stereocenters. The van der Waals surface area contributed by atoms with Crippen LogP contribution >= 0.6 is 0 Å². The number of unbranched alkanes of at least 4 members (excludes halogenated alkanes) is 2. The quantitative estimate of drug-likeness (QED) is 0.0339. The maximum absolute atomic E-state index is 12.9. The number of benzene rings is 4. The summed E-state index contributed by atoms with van der Waals surface area (Å²) >= 11 is 0.